The van der Waals surface area contributed by atoms with Crippen molar-refractivity contribution in [2.24, 2.45) is 0 Å². The van der Waals surface area contributed by atoms with Gasteiger partial charge in [0.15, 0.2) is 0 Å². The Morgan fingerprint density at radius 1 is 0.288 bits per heavy atom. The van der Waals surface area contributed by atoms with Crippen LogP contribution in [-0.4, -0.2) is 59.6 Å². The summed E-state index contributed by atoms with van der Waals surface area (Å²) in [5.74, 6) is -13.4. The van der Waals surface area contributed by atoms with Crippen molar-refractivity contribution in [3.63, 3.8) is 0 Å². The van der Waals surface area contributed by atoms with Gasteiger partial charge in [-0.25, -0.2) is 37.2 Å². The summed E-state index contributed by atoms with van der Waals surface area (Å²) in [6, 6.07) is 12.7. The van der Waals surface area contributed by atoms with Crippen molar-refractivity contribution in [1.29, 1.82) is 0 Å². The molecule has 4 aliphatic heterocycles. The predicted molar refractivity (Wildman–Crippen MR) is 235 cm³/mol. The molecule has 6 aromatic rings. The molecule has 0 aliphatic carbocycles. The Morgan fingerprint density at radius 2 is 0.534 bits per heavy atom. The first-order chi connectivity index (χ1) is 34.4. The van der Waals surface area contributed by atoms with Crippen molar-refractivity contribution < 1.29 is 82.3 Å². The van der Waals surface area contributed by atoms with Crippen LogP contribution in [0.25, 0.3) is 22.3 Å². The molecule has 0 unspecified atom stereocenters. The normalized spacial score (nSPS) is 15.8. The van der Waals surface area contributed by atoms with Gasteiger partial charge in [0.1, 0.15) is 23.3 Å². The zero-order valence-electron chi connectivity index (χ0n) is 36.0. The highest BCUT2D eigenvalue weighted by atomic mass is 19.4. The highest BCUT2D eigenvalue weighted by molar-refractivity contribution is 6.35. The number of hydrogen-bond donors (Lipinski definition) is 0. The number of nitrogens with zero attached hydrogens (tertiary/aromatic N) is 4. The molecule has 12 nitrogen and oxygen atoms in total. The van der Waals surface area contributed by atoms with Crippen molar-refractivity contribution in [2.45, 2.75) is 17.8 Å². The summed E-state index contributed by atoms with van der Waals surface area (Å²) in [4.78, 5) is 105. The number of rotatable bonds is 8. The first kappa shape index (κ1) is 47.3. The number of hydrogen-bond acceptors (Lipinski definition) is 8. The van der Waals surface area contributed by atoms with Crippen LogP contribution in [0.3, 0.4) is 0 Å². The lowest BCUT2D eigenvalue weighted by atomic mass is 9.71. The highest BCUT2D eigenvalue weighted by Crippen LogP contribution is 2.57. The van der Waals surface area contributed by atoms with E-state index in [1.165, 1.54) is 0 Å². The van der Waals surface area contributed by atoms with Crippen LogP contribution in [0.2, 0.25) is 0 Å². The van der Waals surface area contributed by atoms with E-state index in [1.807, 2.05) is 0 Å². The van der Waals surface area contributed by atoms with Gasteiger partial charge < -0.3 is 0 Å². The Bertz CT molecular complexity index is 3390. The maximum atomic E-state index is 15.7. The third kappa shape index (κ3) is 7.06. The minimum atomic E-state index is -6.35. The van der Waals surface area contributed by atoms with E-state index in [4.69, 9.17) is 0 Å². The molecule has 73 heavy (non-hydrogen) atoms. The molecule has 0 fully saturated rings. The molecule has 6 aromatic carbocycles. The molecule has 364 valence electrons. The number of carbonyl (C=O) groups is 8. The van der Waals surface area contributed by atoms with Gasteiger partial charge in [-0.3, -0.25) is 38.4 Å². The van der Waals surface area contributed by atoms with Crippen LogP contribution in [0.4, 0.5) is 66.7 Å². The molecule has 4 aliphatic rings. The molecule has 0 bridgehead atoms. The lowest BCUT2D eigenvalue weighted by molar-refractivity contribution is -0.288. The van der Waals surface area contributed by atoms with Crippen molar-refractivity contribution >= 4 is 70.0 Å². The Labute approximate surface area is 401 Å². The number of imide groups is 4. The van der Waals surface area contributed by atoms with E-state index in [2.05, 4.69) is 0 Å². The van der Waals surface area contributed by atoms with Gasteiger partial charge in [0.05, 0.1) is 45.0 Å². The summed E-state index contributed by atoms with van der Waals surface area (Å²) in [6.45, 7) is 0. The van der Waals surface area contributed by atoms with E-state index in [1.54, 1.807) is 0 Å². The molecule has 0 aromatic heterocycles. The lowest BCUT2D eigenvalue weighted by Gasteiger charge is -2.38. The molecule has 22 heteroatoms. The molecular formula is C51H22F10N4O8. The van der Waals surface area contributed by atoms with Gasteiger partial charge in [0, 0.05) is 46.6 Å². The number of halogens is 10. The Morgan fingerprint density at radius 3 is 0.795 bits per heavy atom. The summed E-state index contributed by atoms with van der Waals surface area (Å²) >= 11 is 0. The summed E-state index contributed by atoms with van der Waals surface area (Å²) in [7, 11) is 0. The standard InChI is InChI=1S/C51H22F10N4O8/c52-37-19-25(62-41(66)13-14-42(62)67)3-9-29(37)31-11-5-27(21-39(31)54)64-45(70)33-7-1-23(17-35(33)47(64)72)49(50(56,57)58,51(59,60)61)24-2-8-34-36(18-24)48(73)65(46(34)71)28-6-12-32(40(55)22-28)30-10-4-26(20-38(30)53)63-43(68)15-16-44(63)69/h1-22H. The fourth-order valence-corrected chi connectivity index (χ4v) is 9.15. The smallest absolute Gasteiger partial charge is 0.269 e. The average Bonchev–Trinajstić information content (AvgIpc) is 4.00. The number of amides is 8. The molecule has 4 heterocycles. The summed E-state index contributed by atoms with van der Waals surface area (Å²) in [5.41, 5.74) is -15.1. The summed E-state index contributed by atoms with van der Waals surface area (Å²) < 4.78 is 155. The van der Waals surface area contributed by atoms with Gasteiger partial charge in [-0.05, 0) is 108 Å². The van der Waals surface area contributed by atoms with Crippen LogP contribution in [0.15, 0.2) is 133 Å². The largest absolute Gasteiger partial charge is 0.411 e. The zero-order chi connectivity index (χ0) is 52.4. The van der Waals surface area contributed by atoms with Crippen LogP contribution in [0.1, 0.15) is 52.6 Å². The van der Waals surface area contributed by atoms with Crippen molar-refractivity contribution in [3.05, 3.63) is 190 Å². The van der Waals surface area contributed by atoms with Crippen LogP contribution in [0, 0.1) is 23.3 Å². The van der Waals surface area contributed by atoms with E-state index in [-0.39, 0.29) is 45.4 Å². The van der Waals surface area contributed by atoms with Crippen LogP contribution < -0.4 is 19.6 Å². The number of benzene rings is 6. The monoisotopic (exact) mass is 1010 g/mol. The topological polar surface area (TPSA) is 150 Å². The molecule has 0 saturated carbocycles. The van der Waals surface area contributed by atoms with Crippen molar-refractivity contribution in [3.8, 4) is 22.3 Å². The average molecular weight is 1010 g/mol. The maximum absolute atomic E-state index is 15.7. The second-order valence-electron chi connectivity index (χ2n) is 16.5. The maximum Gasteiger partial charge on any atom is 0.411 e. The predicted octanol–water partition coefficient (Wildman–Crippen LogP) is 9.45. The molecule has 0 spiro atoms. The third-order valence-corrected chi connectivity index (χ3v) is 12.5. The van der Waals surface area contributed by atoms with Crippen molar-refractivity contribution in [2.75, 3.05) is 19.6 Å². The van der Waals surface area contributed by atoms with Gasteiger partial charge >= 0.3 is 12.4 Å². The van der Waals surface area contributed by atoms with Crippen molar-refractivity contribution in [1.82, 2.24) is 0 Å². The first-order valence-electron chi connectivity index (χ1n) is 21.0. The molecule has 8 amide bonds. The van der Waals surface area contributed by atoms with Crippen LogP contribution in [-0.2, 0) is 24.6 Å². The second kappa shape index (κ2) is 16.4. The Hall–Kier alpha value is -9.34. The third-order valence-electron chi connectivity index (χ3n) is 12.5. The van der Waals surface area contributed by atoms with E-state index >= 15 is 43.9 Å². The minimum absolute atomic E-state index is 0.166. The molecular weight excluding hydrogens is 987 g/mol. The highest BCUT2D eigenvalue weighted by Gasteiger charge is 2.73. The fraction of sp³-hybridized carbons (Fsp3) is 0.0588. The zero-order valence-corrected chi connectivity index (χ0v) is 36.0. The first-order valence-corrected chi connectivity index (χ1v) is 21.0. The van der Waals surface area contributed by atoms with Gasteiger partial charge in [0.2, 0.25) is 5.41 Å². The summed E-state index contributed by atoms with van der Waals surface area (Å²) in [5, 5.41) is 0. The van der Waals surface area contributed by atoms with E-state index in [0.717, 1.165) is 85.0 Å². The minimum Gasteiger partial charge on any atom is -0.269 e. The lowest BCUT2D eigenvalue weighted by Crippen LogP contribution is -2.55. The molecule has 0 radical (unpaired) electrons. The quantitative estimate of drug-likeness (QED) is 0.108. The number of anilines is 4. The molecule has 0 N–H and O–H groups in total. The number of carbonyl (C=O) groups excluding carboxylic acids is 8. The fourth-order valence-electron chi connectivity index (χ4n) is 9.15. The molecule has 0 saturated heterocycles. The Balaban J connectivity index is 0.956. The summed E-state index contributed by atoms with van der Waals surface area (Å²) in [6.07, 6.45) is -8.92. The van der Waals surface area contributed by atoms with E-state index in [9.17, 15) is 38.4 Å². The SMILES string of the molecule is O=C1C=CC(=O)N1c1ccc(-c2ccc(N3C(=O)c4ccc(C(c5ccc6c(c5)C(=O)N(c5ccc(-c7ccc(N8C(=O)C=CC8=O)cc7F)c(F)c5)C6=O)(C(F)(F)F)C(F)(F)F)cc4C3=O)cc2F)c(F)c1. The van der Waals surface area contributed by atoms with Gasteiger partial charge in [0.25, 0.3) is 47.3 Å². The van der Waals surface area contributed by atoms with E-state index < -0.39 is 155 Å². The Kier molecular flexibility index (Phi) is 10.6. The second-order valence-corrected chi connectivity index (χ2v) is 16.5. The number of fused-ring (bicyclic) bond motifs is 2. The van der Waals surface area contributed by atoms with E-state index in [0.29, 0.717) is 34.1 Å². The van der Waals surface area contributed by atoms with Gasteiger partial charge in [-0.15, -0.1) is 0 Å². The molecule has 10 rings (SSSR count). The van der Waals surface area contributed by atoms with Gasteiger partial charge in [-0.2, -0.15) is 26.3 Å². The van der Waals surface area contributed by atoms with Crippen LogP contribution in [0.5, 0.6) is 0 Å². The van der Waals surface area contributed by atoms with Crippen LogP contribution >= 0.6 is 0 Å². The van der Waals surface area contributed by atoms with Gasteiger partial charge in [-0.1, -0.05) is 12.1 Å². The molecule has 0 atom stereocenters. The number of alkyl halides is 6.